The predicted octanol–water partition coefficient (Wildman–Crippen LogP) is 5.10. The van der Waals surface area contributed by atoms with Crippen molar-refractivity contribution in [2.24, 2.45) is 12.5 Å². The number of hydrogen-bond donors (Lipinski definition) is 3. The minimum Gasteiger partial charge on any atom is -0.496 e. The highest BCUT2D eigenvalue weighted by Gasteiger charge is 2.55. The molecule has 4 aromatic rings. The van der Waals surface area contributed by atoms with Gasteiger partial charge >= 0.3 is 0 Å². The zero-order chi connectivity index (χ0) is 42.3. The molecule has 2 unspecified atom stereocenters. The van der Waals surface area contributed by atoms with Crippen LogP contribution in [-0.2, 0) is 27.9 Å². The van der Waals surface area contributed by atoms with E-state index in [1.54, 1.807) is 39.1 Å². The highest BCUT2D eigenvalue weighted by Crippen LogP contribution is 2.52. The van der Waals surface area contributed by atoms with E-state index in [9.17, 15) is 14.4 Å². The first-order chi connectivity index (χ1) is 28.9. The van der Waals surface area contributed by atoms with Crippen LogP contribution >= 0.6 is 0 Å². The Kier molecular flexibility index (Phi) is 11.2. The zero-order valence-corrected chi connectivity index (χ0v) is 35.1. The number of rotatable bonds is 12. The summed E-state index contributed by atoms with van der Waals surface area (Å²) < 4.78 is 36.3. The fourth-order valence-corrected chi connectivity index (χ4v) is 9.68. The molecule has 2 amide bonds. The Balaban J connectivity index is 1.04. The number of halogens is 1. The lowest BCUT2D eigenvalue weighted by Crippen LogP contribution is -2.60. The minimum absolute atomic E-state index is 0.132. The van der Waals surface area contributed by atoms with Gasteiger partial charge in [-0.15, -0.1) is 0 Å². The van der Waals surface area contributed by atoms with Crippen LogP contribution in [0.25, 0.3) is 21.9 Å². The van der Waals surface area contributed by atoms with Gasteiger partial charge in [-0.3, -0.25) is 24.6 Å². The fourth-order valence-electron chi connectivity index (χ4n) is 9.68. The van der Waals surface area contributed by atoms with Crippen molar-refractivity contribution in [2.45, 2.75) is 56.5 Å². The number of anilines is 4. The fraction of sp³-hybridized carbons (Fsp3) is 0.467. The van der Waals surface area contributed by atoms with E-state index in [-0.39, 0.29) is 29.9 Å². The van der Waals surface area contributed by atoms with Gasteiger partial charge in [0.15, 0.2) is 0 Å². The number of fused-ring (bicyclic) bond motifs is 1. The average molecular weight is 823 g/mol. The minimum atomic E-state index is -1.55. The number of pyridine rings is 2. The molecule has 4 saturated heterocycles. The van der Waals surface area contributed by atoms with E-state index in [1.165, 1.54) is 6.08 Å². The number of aromatic nitrogens is 2. The number of aryl methyl sites for hydroxylation is 1. The number of likely N-dealkylation sites (tertiary alicyclic amines) is 1. The predicted molar refractivity (Wildman–Crippen MR) is 232 cm³/mol. The third-order valence-corrected chi connectivity index (χ3v) is 13.3. The maximum Gasteiger partial charge on any atom is 0.259 e. The second kappa shape index (κ2) is 16.4. The van der Waals surface area contributed by atoms with E-state index in [4.69, 9.17) is 14.2 Å². The Labute approximate surface area is 349 Å². The van der Waals surface area contributed by atoms with E-state index in [0.29, 0.717) is 75.3 Å². The van der Waals surface area contributed by atoms with Crippen LogP contribution in [0.5, 0.6) is 11.5 Å². The number of alkyl halides is 1. The molecular formula is C45H55FN8O6. The monoisotopic (exact) mass is 822 g/mol. The smallest absolute Gasteiger partial charge is 0.259 e. The van der Waals surface area contributed by atoms with Crippen LogP contribution < -0.4 is 40.8 Å². The van der Waals surface area contributed by atoms with Crippen LogP contribution in [0, 0.1) is 5.41 Å². The van der Waals surface area contributed by atoms with Crippen LogP contribution in [0.15, 0.2) is 66.2 Å². The van der Waals surface area contributed by atoms with Crippen molar-refractivity contribution in [1.82, 2.24) is 19.8 Å². The summed E-state index contributed by atoms with van der Waals surface area (Å²) in [6.07, 6.45) is 7.40. The number of para-hydroxylation sites is 1. The molecule has 3 N–H and O–H groups in total. The summed E-state index contributed by atoms with van der Waals surface area (Å²) in [5, 5.41) is 10.4. The van der Waals surface area contributed by atoms with Crippen LogP contribution in [0.3, 0.4) is 0 Å². The van der Waals surface area contributed by atoms with Gasteiger partial charge in [-0.05, 0) is 61.6 Å². The zero-order valence-electron chi connectivity index (χ0n) is 35.1. The molecule has 2 atom stereocenters. The number of piperidine rings is 3. The van der Waals surface area contributed by atoms with E-state index in [1.807, 2.05) is 49.6 Å². The summed E-state index contributed by atoms with van der Waals surface area (Å²) in [6, 6.07) is 11.4. The number of ether oxygens (including phenoxy) is 3. The Bertz CT molecular complexity index is 2350. The summed E-state index contributed by atoms with van der Waals surface area (Å²) in [6.45, 7) is 8.25. The summed E-state index contributed by atoms with van der Waals surface area (Å²) >= 11 is 0. The van der Waals surface area contributed by atoms with Crippen molar-refractivity contribution in [3.63, 3.8) is 0 Å². The van der Waals surface area contributed by atoms with Crippen molar-refractivity contribution in [2.75, 3.05) is 88.1 Å². The summed E-state index contributed by atoms with van der Waals surface area (Å²) in [4.78, 5) is 48.9. The van der Waals surface area contributed by atoms with Crippen molar-refractivity contribution in [3.05, 3.63) is 77.4 Å². The molecule has 0 aliphatic carbocycles. The van der Waals surface area contributed by atoms with Crippen molar-refractivity contribution in [3.8, 4) is 22.6 Å². The molecule has 318 valence electrons. The van der Waals surface area contributed by atoms with Gasteiger partial charge in [0, 0.05) is 102 Å². The molecule has 2 aromatic heterocycles. The van der Waals surface area contributed by atoms with Crippen molar-refractivity contribution in [1.29, 1.82) is 0 Å². The topological polar surface area (TPSA) is 143 Å². The second-order valence-electron chi connectivity index (χ2n) is 16.6. The van der Waals surface area contributed by atoms with Crippen molar-refractivity contribution < 1.29 is 28.2 Å². The third-order valence-electron chi connectivity index (χ3n) is 13.3. The Morgan fingerprint density at radius 1 is 1.00 bits per heavy atom. The van der Waals surface area contributed by atoms with E-state index in [0.717, 1.165) is 58.0 Å². The highest BCUT2D eigenvalue weighted by molar-refractivity contribution is 6.02. The number of benzene rings is 2. The van der Waals surface area contributed by atoms with Crippen LogP contribution in [0.2, 0.25) is 0 Å². The van der Waals surface area contributed by atoms with Gasteiger partial charge in [0.2, 0.25) is 11.8 Å². The number of amides is 2. The number of nitrogens with zero attached hydrogens (tertiary/aromatic N) is 5. The normalized spacial score (nSPS) is 22.1. The number of carbonyl (C=O) groups is 2. The Hall–Kier alpha value is -5.67. The molecule has 1 spiro atoms. The SMILES string of the molecule is C=CC1(F)CCN(Cc2c(OC)cc(-c3cn(C)c(=O)c4cnc(N5CC(OC)C5)cc34)cc2OC)CC12CCN(c1cccc(NC3CCC(=O)NC3=O)c1NC)CC2. The second-order valence-corrected chi connectivity index (χ2v) is 16.6. The van der Waals surface area contributed by atoms with Crippen LogP contribution in [0.4, 0.5) is 27.3 Å². The maximum atomic E-state index is 17.1. The molecule has 2 aromatic carbocycles. The van der Waals surface area contributed by atoms with Gasteiger partial charge in [-0.1, -0.05) is 18.7 Å². The molecule has 15 heteroatoms. The molecule has 0 saturated carbocycles. The first-order valence-electron chi connectivity index (χ1n) is 20.7. The molecule has 14 nitrogen and oxygen atoms in total. The van der Waals surface area contributed by atoms with Gasteiger partial charge in [0.25, 0.3) is 5.56 Å². The van der Waals surface area contributed by atoms with Gasteiger partial charge in [0.1, 0.15) is 29.0 Å². The van der Waals surface area contributed by atoms with Gasteiger partial charge in [0.05, 0.1) is 48.3 Å². The third kappa shape index (κ3) is 7.31. The molecule has 8 rings (SSSR count). The van der Waals surface area contributed by atoms with E-state index in [2.05, 4.69) is 42.2 Å². The van der Waals surface area contributed by atoms with Crippen LogP contribution in [-0.4, -0.2) is 112 Å². The quantitative estimate of drug-likeness (QED) is 0.129. The van der Waals surface area contributed by atoms with E-state index < -0.39 is 17.1 Å². The maximum absolute atomic E-state index is 17.1. The Morgan fingerprint density at radius 3 is 2.38 bits per heavy atom. The lowest BCUT2D eigenvalue weighted by molar-refractivity contribution is -0.133. The number of allylic oxidation sites excluding steroid dienone is 1. The number of hydrogen-bond acceptors (Lipinski definition) is 12. The molecule has 4 aliphatic rings. The summed E-state index contributed by atoms with van der Waals surface area (Å²) in [5.74, 6) is 1.48. The summed E-state index contributed by atoms with van der Waals surface area (Å²) in [7, 11) is 8.59. The molecule has 4 aliphatic heterocycles. The molecule has 60 heavy (non-hydrogen) atoms. The highest BCUT2D eigenvalue weighted by atomic mass is 19.1. The number of nitrogens with one attached hydrogen (secondary N) is 3. The Morgan fingerprint density at radius 2 is 1.73 bits per heavy atom. The molecule has 6 heterocycles. The molecule has 0 radical (unpaired) electrons. The first-order valence-corrected chi connectivity index (χ1v) is 20.7. The molecule has 0 bridgehead atoms. The van der Waals surface area contributed by atoms with Gasteiger partial charge in [-0.2, -0.15) is 0 Å². The van der Waals surface area contributed by atoms with Crippen LogP contribution in [0.1, 0.15) is 37.7 Å². The lowest BCUT2D eigenvalue weighted by atomic mass is 9.63. The lowest BCUT2D eigenvalue weighted by Gasteiger charge is -2.55. The van der Waals surface area contributed by atoms with Gasteiger partial charge < -0.3 is 39.2 Å². The summed E-state index contributed by atoms with van der Waals surface area (Å²) in [5.41, 5.74) is 2.77. The number of carbonyl (C=O) groups excluding carboxylic acids is 2. The number of methoxy groups -OCH3 is 3. The molecule has 4 fully saturated rings. The van der Waals surface area contributed by atoms with E-state index >= 15 is 4.39 Å². The largest absolute Gasteiger partial charge is 0.496 e. The molecular weight excluding hydrogens is 768 g/mol. The number of imide groups is 1. The van der Waals surface area contributed by atoms with Gasteiger partial charge in [-0.25, -0.2) is 9.37 Å². The van der Waals surface area contributed by atoms with Crippen molar-refractivity contribution >= 4 is 45.5 Å². The first kappa shape index (κ1) is 41.1. The average Bonchev–Trinajstić information content (AvgIpc) is 3.24. The standard InChI is InChI=1S/C45H55FN8O6/c1-7-45(46)15-16-52(27-44(45)13-17-53(18-14-44)36-10-8-9-34(41(36)47-2)49-35-11-12-40(55)50-42(35)56)26-33-37(59-5)19-28(20-38(33)60-6)32-25-51(3)43(57)31-22-48-39(21-30(31)32)54-23-29(24-54)58-4/h7-10,19-22,25,29,35,47,49H,1,11-18,23-24,26-27H2,2-6H3,(H,50,55,56).